The Labute approximate surface area is 201 Å². The van der Waals surface area contributed by atoms with E-state index in [1.165, 1.54) is 6.33 Å². The maximum Gasteiger partial charge on any atom is 0.358 e. The number of nitrogens with one attached hydrogen (secondary N) is 2. The van der Waals surface area contributed by atoms with E-state index in [4.69, 9.17) is 15.2 Å². The molecule has 192 valence electrons. The van der Waals surface area contributed by atoms with Gasteiger partial charge in [0, 0.05) is 12.3 Å². The van der Waals surface area contributed by atoms with E-state index in [1.54, 1.807) is 20.8 Å². The van der Waals surface area contributed by atoms with Gasteiger partial charge in [0.2, 0.25) is 5.91 Å². The first-order valence-electron chi connectivity index (χ1n) is 12.3. The Morgan fingerprint density at radius 2 is 1.94 bits per heavy atom. The Kier molecular flexibility index (Phi) is 10.5. The van der Waals surface area contributed by atoms with E-state index in [-0.39, 0.29) is 24.6 Å². The summed E-state index contributed by atoms with van der Waals surface area (Å²) in [6.07, 6.45) is 6.79. The van der Waals surface area contributed by atoms with Crippen LogP contribution in [-0.2, 0) is 25.5 Å². The minimum Gasteiger partial charge on any atom is -0.461 e. The molecule has 10 heteroatoms. The smallest absolute Gasteiger partial charge is 0.358 e. The molecule has 0 aromatic carbocycles. The number of aliphatic hydroxyl groups is 1. The average Bonchev–Trinajstić information content (AvgIpc) is 3.26. The minimum absolute atomic E-state index is 0.00899. The molecule has 0 radical (unpaired) electrons. The van der Waals surface area contributed by atoms with Crippen molar-refractivity contribution in [3.63, 3.8) is 0 Å². The number of imidazole rings is 1. The molecule has 5 N–H and O–H groups in total. The predicted octanol–water partition coefficient (Wildman–Crippen LogP) is 2.00. The molecule has 0 aliphatic heterocycles. The average molecular weight is 481 g/mol. The summed E-state index contributed by atoms with van der Waals surface area (Å²) in [5.74, 6) is -2.19. The number of nitrogens with two attached hydrogens (primary N) is 1. The van der Waals surface area contributed by atoms with Gasteiger partial charge in [0.1, 0.15) is 0 Å². The molecule has 1 fully saturated rings. The van der Waals surface area contributed by atoms with Gasteiger partial charge in [0.05, 0.1) is 36.8 Å². The Morgan fingerprint density at radius 1 is 1.26 bits per heavy atom. The van der Waals surface area contributed by atoms with Crippen LogP contribution in [-0.4, -0.2) is 63.3 Å². The zero-order chi connectivity index (χ0) is 25.3. The van der Waals surface area contributed by atoms with Crippen LogP contribution in [0, 0.1) is 5.92 Å². The van der Waals surface area contributed by atoms with Crippen molar-refractivity contribution in [3.8, 4) is 0 Å². The third-order valence-electron chi connectivity index (χ3n) is 6.32. The number of esters is 2. The van der Waals surface area contributed by atoms with Gasteiger partial charge in [-0.25, -0.2) is 14.6 Å². The van der Waals surface area contributed by atoms with Crippen LogP contribution in [0.25, 0.3) is 0 Å². The fourth-order valence-electron chi connectivity index (χ4n) is 4.32. The Balaban J connectivity index is 2.08. The predicted molar refractivity (Wildman–Crippen MR) is 126 cm³/mol. The number of rotatable bonds is 12. The number of nitrogens with zero attached hydrogens (tertiary/aromatic N) is 1. The van der Waals surface area contributed by atoms with Crippen LogP contribution >= 0.6 is 0 Å². The SMILES string of the molecule is CCCCOC(=O)c1nc[nH]c1C[C@H](N)C(=O)N[C@@H](C)C(O)(C(=O)OC(C)C)C1CCCCC1. The highest BCUT2D eigenvalue weighted by molar-refractivity contribution is 5.89. The number of ether oxygens (including phenoxy) is 2. The van der Waals surface area contributed by atoms with Gasteiger partial charge in [0.15, 0.2) is 11.3 Å². The van der Waals surface area contributed by atoms with Gasteiger partial charge in [-0.05, 0) is 40.0 Å². The summed E-state index contributed by atoms with van der Waals surface area (Å²) in [4.78, 5) is 44.9. The van der Waals surface area contributed by atoms with E-state index in [9.17, 15) is 19.5 Å². The fraction of sp³-hybridized carbons (Fsp3) is 0.750. The number of amides is 1. The summed E-state index contributed by atoms with van der Waals surface area (Å²) in [7, 11) is 0. The quantitative estimate of drug-likeness (QED) is 0.261. The highest BCUT2D eigenvalue weighted by Crippen LogP contribution is 2.36. The molecule has 1 amide bonds. The third-order valence-corrected chi connectivity index (χ3v) is 6.32. The summed E-state index contributed by atoms with van der Waals surface area (Å²) in [6, 6.07) is -1.96. The van der Waals surface area contributed by atoms with Crippen LogP contribution in [0.5, 0.6) is 0 Å². The van der Waals surface area contributed by atoms with Gasteiger partial charge in [-0.1, -0.05) is 32.6 Å². The van der Waals surface area contributed by atoms with Gasteiger partial charge in [0.25, 0.3) is 0 Å². The van der Waals surface area contributed by atoms with Crippen LogP contribution in [0.4, 0.5) is 0 Å². The number of hydrogen-bond donors (Lipinski definition) is 4. The standard InChI is InChI=1S/C24H40N4O6/c1-5-6-12-33-22(30)20-19(26-14-27-20)13-18(25)21(29)28-16(4)24(32,23(31)34-15(2)3)17-10-8-7-9-11-17/h14-18,32H,5-13,25H2,1-4H3,(H,26,27)(H,28,29)/t16-,18-,24?/m0/s1. The molecule has 0 saturated heterocycles. The molecule has 2 rings (SSSR count). The van der Waals surface area contributed by atoms with E-state index in [1.807, 2.05) is 6.92 Å². The molecular weight excluding hydrogens is 440 g/mol. The molecule has 1 heterocycles. The summed E-state index contributed by atoms with van der Waals surface area (Å²) < 4.78 is 10.6. The summed E-state index contributed by atoms with van der Waals surface area (Å²) in [6.45, 7) is 7.30. The van der Waals surface area contributed by atoms with E-state index < -0.39 is 41.6 Å². The molecule has 1 aromatic rings. The number of carbonyl (C=O) groups is 3. The van der Waals surface area contributed by atoms with Crippen molar-refractivity contribution in [2.75, 3.05) is 6.61 Å². The molecule has 0 bridgehead atoms. The number of carbonyl (C=O) groups excluding carboxylic acids is 3. The molecular formula is C24H40N4O6. The number of H-pyrrole nitrogens is 1. The first-order valence-corrected chi connectivity index (χ1v) is 12.3. The lowest BCUT2D eigenvalue weighted by molar-refractivity contribution is -0.182. The molecule has 3 atom stereocenters. The van der Waals surface area contributed by atoms with E-state index in [2.05, 4.69) is 15.3 Å². The van der Waals surface area contributed by atoms with Crippen LogP contribution in [0.2, 0.25) is 0 Å². The number of aromatic amines is 1. The maximum absolute atomic E-state index is 12.9. The van der Waals surface area contributed by atoms with Crippen molar-refractivity contribution in [2.24, 2.45) is 11.7 Å². The summed E-state index contributed by atoms with van der Waals surface area (Å²) >= 11 is 0. The second kappa shape index (κ2) is 12.9. The third kappa shape index (κ3) is 7.02. The van der Waals surface area contributed by atoms with Crippen molar-refractivity contribution in [1.29, 1.82) is 0 Å². The second-order valence-corrected chi connectivity index (χ2v) is 9.37. The number of hydrogen-bond acceptors (Lipinski definition) is 8. The van der Waals surface area contributed by atoms with E-state index in [0.29, 0.717) is 18.5 Å². The van der Waals surface area contributed by atoms with Crippen molar-refractivity contribution in [1.82, 2.24) is 15.3 Å². The molecule has 1 unspecified atom stereocenters. The second-order valence-electron chi connectivity index (χ2n) is 9.37. The molecule has 1 aromatic heterocycles. The molecule has 1 aliphatic carbocycles. The monoisotopic (exact) mass is 480 g/mol. The van der Waals surface area contributed by atoms with E-state index >= 15 is 0 Å². The Bertz CT molecular complexity index is 820. The van der Waals surface area contributed by atoms with Gasteiger partial charge in [-0.2, -0.15) is 0 Å². The lowest BCUT2D eigenvalue weighted by atomic mass is 9.73. The lowest BCUT2D eigenvalue weighted by Gasteiger charge is -2.41. The summed E-state index contributed by atoms with van der Waals surface area (Å²) in [5.41, 5.74) is 4.73. The van der Waals surface area contributed by atoms with Gasteiger partial charge >= 0.3 is 11.9 Å². The van der Waals surface area contributed by atoms with E-state index in [0.717, 1.165) is 32.1 Å². The van der Waals surface area contributed by atoms with Crippen LogP contribution in [0.1, 0.15) is 88.8 Å². The Hall–Kier alpha value is -2.46. The molecule has 34 heavy (non-hydrogen) atoms. The molecule has 10 nitrogen and oxygen atoms in total. The van der Waals surface area contributed by atoms with Crippen LogP contribution in [0.3, 0.4) is 0 Å². The Morgan fingerprint density at radius 3 is 2.56 bits per heavy atom. The number of aromatic nitrogens is 2. The fourth-order valence-corrected chi connectivity index (χ4v) is 4.32. The van der Waals surface area contributed by atoms with Gasteiger partial charge in [-0.3, -0.25) is 4.79 Å². The van der Waals surface area contributed by atoms with Crippen molar-refractivity contribution >= 4 is 17.8 Å². The van der Waals surface area contributed by atoms with Crippen molar-refractivity contribution < 1.29 is 29.0 Å². The normalized spacial score (nSPS) is 18.1. The first kappa shape index (κ1) is 27.8. The number of unbranched alkanes of at least 4 members (excludes halogenated alkanes) is 1. The van der Waals surface area contributed by atoms with Crippen LogP contribution < -0.4 is 11.1 Å². The highest BCUT2D eigenvalue weighted by Gasteiger charge is 2.51. The summed E-state index contributed by atoms with van der Waals surface area (Å²) in [5, 5.41) is 14.2. The highest BCUT2D eigenvalue weighted by atomic mass is 16.6. The van der Waals surface area contributed by atoms with Gasteiger partial charge in [-0.15, -0.1) is 0 Å². The maximum atomic E-state index is 12.9. The molecule has 1 saturated carbocycles. The largest absolute Gasteiger partial charge is 0.461 e. The first-order chi connectivity index (χ1) is 16.1. The molecule has 1 aliphatic rings. The molecule has 0 spiro atoms. The van der Waals surface area contributed by atoms with Gasteiger partial charge < -0.3 is 30.6 Å². The topological polar surface area (TPSA) is 157 Å². The minimum atomic E-state index is -1.86. The van der Waals surface area contributed by atoms with Crippen molar-refractivity contribution in [3.05, 3.63) is 17.7 Å². The van der Waals surface area contributed by atoms with Crippen LogP contribution in [0.15, 0.2) is 6.33 Å². The zero-order valence-corrected chi connectivity index (χ0v) is 20.8. The zero-order valence-electron chi connectivity index (χ0n) is 20.8. The van der Waals surface area contributed by atoms with Crippen molar-refractivity contribution in [2.45, 2.75) is 103 Å². The lowest BCUT2D eigenvalue weighted by Crippen LogP contribution is -2.63.